The van der Waals surface area contributed by atoms with Gasteiger partial charge in [-0.2, -0.15) is 0 Å². The number of carbonyl (C=O) groups excluding carboxylic acids is 1. The molecule has 0 radical (unpaired) electrons. The highest BCUT2D eigenvalue weighted by atomic mass is 19.1. The number of carbonyl (C=O) groups is 1. The Balaban J connectivity index is 1.84. The van der Waals surface area contributed by atoms with Crippen LogP contribution in [0.15, 0.2) is 71.1 Å². The van der Waals surface area contributed by atoms with Crippen molar-refractivity contribution in [3.8, 4) is 22.8 Å². The van der Waals surface area contributed by atoms with Crippen molar-refractivity contribution in [2.45, 2.75) is 0 Å². The van der Waals surface area contributed by atoms with E-state index in [0.29, 0.717) is 33.7 Å². The molecular formula is C20H11FNO3-. The maximum Gasteiger partial charge on any atom is 0.153 e. The minimum atomic E-state index is -1.28. The van der Waals surface area contributed by atoms with Gasteiger partial charge >= 0.3 is 0 Å². The Kier molecular flexibility index (Phi) is 3.54. The SMILES string of the molecule is O=C([O-])c1cc(-c2ccc(-c3cccc(F)c3)o2)nc2ccccc12. The summed E-state index contributed by atoms with van der Waals surface area (Å²) in [4.78, 5) is 15.9. The fraction of sp³-hybridized carbons (Fsp3) is 0. The van der Waals surface area contributed by atoms with Gasteiger partial charge in [-0.15, -0.1) is 0 Å². The molecule has 0 aliphatic carbocycles. The second-order valence-corrected chi connectivity index (χ2v) is 5.53. The van der Waals surface area contributed by atoms with Crippen molar-refractivity contribution in [1.29, 1.82) is 0 Å². The van der Waals surface area contributed by atoms with Gasteiger partial charge in [0.25, 0.3) is 0 Å². The molecule has 0 amide bonds. The van der Waals surface area contributed by atoms with E-state index in [1.807, 2.05) is 0 Å². The molecular weight excluding hydrogens is 321 g/mol. The van der Waals surface area contributed by atoms with Crippen LogP contribution < -0.4 is 5.11 Å². The number of rotatable bonds is 3. The molecule has 0 N–H and O–H groups in total. The van der Waals surface area contributed by atoms with Crippen molar-refractivity contribution in [1.82, 2.24) is 4.98 Å². The van der Waals surface area contributed by atoms with Crippen molar-refractivity contribution in [3.63, 3.8) is 0 Å². The van der Waals surface area contributed by atoms with Crippen molar-refractivity contribution >= 4 is 16.9 Å². The Morgan fingerprint density at radius 1 is 0.960 bits per heavy atom. The van der Waals surface area contributed by atoms with E-state index in [1.54, 1.807) is 48.5 Å². The maximum absolute atomic E-state index is 13.4. The molecule has 0 fully saturated rings. The lowest BCUT2D eigenvalue weighted by Gasteiger charge is -2.09. The number of carboxylic acids is 1. The van der Waals surface area contributed by atoms with Crippen LogP contribution in [0.5, 0.6) is 0 Å². The predicted molar refractivity (Wildman–Crippen MR) is 89.2 cm³/mol. The number of nitrogens with zero attached hydrogens (tertiary/aromatic N) is 1. The molecule has 2 heterocycles. The molecule has 0 bridgehead atoms. The number of hydrogen-bond acceptors (Lipinski definition) is 4. The molecule has 0 spiro atoms. The fourth-order valence-corrected chi connectivity index (χ4v) is 2.74. The number of fused-ring (bicyclic) bond motifs is 1. The van der Waals surface area contributed by atoms with E-state index in [2.05, 4.69) is 4.98 Å². The number of pyridine rings is 1. The number of hydrogen-bond donors (Lipinski definition) is 0. The summed E-state index contributed by atoms with van der Waals surface area (Å²) in [6.07, 6.45) is 0. The monoisotopic (exact) mass is 332 g/mol. The van der Waals surface area contributed by atoms with Crippen LogP contribution in [0.4, 0.5) is 4.39 Å². The molecule has 2 aromatic heterocycles. The van der Waals surface area contributed by atoms with Crippen LogP contribution >= 0.6 is 0 Å². The van der Waals surface area contributed by atoms with Crippen LogP contribution in [0, 0.1) is 5.82 Å². The number of benzene rings is 2. The predicted octanol–water partition coefficient (Wildman–Crippen LogP) is 3.66. The Labute approximate surface area is 142 Å². The molecule has 4 rings (SSSR count). The number of furan rings is 1. The summed E-state index contributed by atoms with van der Waals surface area (Å²) < 4.78 is 19.1. The first-order valence-electron chi connectivity index (χ1n) is 7.59. The van der Waals surface area contributed by atoms with Crippen LogP contribution in [0.1, 0.15) is 10.4 Å². The van der Waals surface area contributed by atoms with Crippen molar-refractivity contribution < 1.29 is 18.7 Å². The molecule has 0 atom stereocenters. The van der Waals surface area contributed by atoms with Gasteiger partial charge in [0.2, 0.25) is 0 Å². The summed E-state index contributed by atoms with van der Waals surface area (Å²) >= 11 is 0. The van der Waals surface area contributed by atoms with Gasteiger partial charge in [0, 0.05) is 16.5 Å². The average Bonchev–Trinajstić information content (AvgIpc) is 3.11. The molecule has 0 unspecified atom stereocenters. The summed E-state index contributed by atoms with van der Waals surface area (Å²) in [6.45, 7) is 0. The zero-order valence-electron chi connectivity index (χ0n) is 12.9. The van der Waals surface area contributed by atoms with Gasteiger partial charge in [-0.05, 0) is 36.4 Å². The van der Waals surface area contributed by atoms with E-state index in [9.17, 15) is 14.3 Å². The first kappa shape index (κ1) is 15.1. The lowest BCUT2D eigenvalue weighted by Crippen LogP contribution is -2.22. The summed E-state index contributed by atoms with van der Waals surface area (Å²) in [7, 11) is 0. The fourth-order valence-electron chi connectivity index (χ4n) is 2.74. The number of halogens is 1. The van der Waals surface area contributed by atoms with Crippen LogP contribution in [0.3, 0.4) is 0 Å². The van der Waals surface area contributed by atoms with Crippen LogP contribution in [0.2, 0.25) is 0 Å². The molecule has 122 valence electrons. The minimum Gasteiger partial charge on any atom is -0.545 e. The quantitative estimate of drug-likeness (QED) is 0.574. The lowest BCUT2D eigenvalue weighted by atomic mass is 10.1. The second-order valence-electron chi connectivity index (χ2n) is 5.53. The maximum atomic E-state index is 13.4. The van der Waals surface area contributed by atoms with Gasteiger partial charge in [0.05, 0.1) is 11.5 Å². The van der Waals surface area contributed by atoms with E-state index in [1.165, 1.54) is 18.2 Å². The Morgan fingerprint density at radius 3 is 2.56 bits per heavy atom. The summed E-state index contributed by atoms with van der Waals surface area (Å²) in [5, 5.41) is 12.0. The highest BCUT2D eigenvalue weighted by molar-refractivity contribution is 6.02. The third-order valence-electron chi connectivity index (χ3n) is 3.90. The summed E-state index contributed by atoms with van der Waals surface area (Å²) in [5.41, 5.74) is 1.54. The number of aromatic carboxylic acids is 1. The van der Waals surface area contributed by atoms with E-state index in [-0.39, 0.29) is 11.4 Å². The first-order valence-corrected chi connectivity index (χ1v) is 7.59. The van der Waals surface area contributed by atoms with E-state index in [4.69, 9.17) is 4.42 Å². The molecule has 0 saturated carbocycles. The molecule has 2 aromatic carbocycles. The van der Waals surface area contributed by atoms with Crippen molar-refractivity contribution in [2.75, 3.05) is 0 Å². The Hall–Kier alpha value is -3.47. The van der Waals surface area contributed by atoms with Gasteiger partial charge < -0.3 is 14.3 Å². The third-order valence-corrected chi connectivity index (χ3v) is 3.90. The van der Waals surface area contributed by atoms with Crippen LogP contribution in [-0.2, 0) is 0 Å². The van der Waals surface area contributed by atoms with Gasteiger partial charge in [0.1, 0.15) is 17.3 Å². The molecule has 4 aromatic rings. The van der Waals surface area contributed by atoms with Gasteiger partial charge in [-0.3, -0.25) is 0 Å². The topological polar surface area (TPSA) is 66.2 Å². The Bertz CT molecular complexity index is 1100. The highest BCUT2D eigenvalue weighted by Gasteiger charge is 2.12. The molecule has 25 heavy (non-hydrogen) atoms. The van der Waals surface area contributed by atoms with Gasteiger partial charge in [0.15, 0.2) is 5.76 Å². The van der Waals surface area contributed by atoms with E-state index in [0.717, 1.165) is 0 Å². The zero-order valence-corrected chi connectivity index (χ0v) is 12.9. The molecule has 4 nitrogen and oxygen atoms in total. The second kappa shape index (κ2) is 5.87. The molecule has 5 heteroatoms. The minimum absolute atomic E-state index is 0.0457. The number of carboxylic acid groups (broad SMARTS) is 1. The summed E-state index contributed by atoms with van der Waals surface area (Å²) in [6, 6.07) is 17.7. The first-order chi connectivity index (χ1) is 12.1. The van der Waals surface area contributed by atoms with Gasteiger partial charge in [-0.1, -0.05) is 30.3 Å². The van der Waals surface area contributed by atoms with Crippen molar-refractivity contribution in [2.24, 2.45) is 0 Å². The zero-order chi connectivity index (χ0) is 17.4. The third kappa shape index (κ3) is 2.76. The highest BCUT2D eigenvalue weighted by Crippen LogP contribution is 2.30. The van der Waals surface area contributed by atoms with Crippen molar-refractivity contribution in [3.05, 3.63) is 78.1 Å². The largest absolute Gasteiger partial charge is 0.545 e. The molecule has 0 saturated heterocycles. The van der Waals surface area contributed by atoms with Crippen LogP contribution in [-0.4, -0.2) is 11.0 Å². The van der Waals surface area contributed by atoms with Crippen LogP contribution in [0.25, 0.3) is 33.7 Å². The van der Waals surface area contributed by atoms with Gasteiger partial charge in [-0.25, -0.2) is 9.37 Å². The van der Waals surface area contributed by atoms with E-state index < -0.39 is 5.97 Å². The van der Waals surface area contributed by atoms with E-state index >= 15 is 0 Å². The molecule has 0 aliphatic rings. The molecule has 0 aliphatic heterocycles. The standard InChI is InChI=1S/C20H12FNO3/c21-13-5-3-4-12(10-13)18-8-9-19(25-18)17-11-15(20(23)24)14-6-1-2-7-16(14)22-17/h1-11H,(H,23,24)/p-1. The average molecular weight is 332 g/mol. The number of aromatic nitrogens is 1. The summed E-state index contributed by atoms with van der Waals surface area (Å²) in [5.74, 6) is -0.776. The smallest absolute Gasteiger partial charge is 0.153 e. The normalized spacial score (nSPS) is 10.9. The Morgan fingerprint density at radius 2 is 1.76 bits per heavy atom. The lowest BCUT2D eigenvalue weighted by molar-refractivity contribution is -0.254. The number of para-hydroxylation sites is 1.